The van der Waals surface area contributed by atoms with Crippen LogP contribution in [-0.4, -0.2) is 56.4 Å². The van der Waals surface area contributed by atoms with Crippen LogP contribution in [0.2, 0.25) is 0 Å². The minimum absolute atomic E-state index is 0.0203. The molecule has 7 nitrogen and oxygen atoms in total. The van der Waals surface area contributed by atoms with Crippen LogP contribution in [0.1, 0.15) is 31.7 Å². The van der Waals surface area contributed by atoms with Crippen molar-refractivity contribution in [1.82, 2.24) is 19.7 Å². The summed E-state index contributed by atoms with van der Waals surface area (Å²) in [5.41, 5.74) is 3.15. The number of hydrogen-bond acceptors (Lipinski definition) is 5. The maximum Gasteiger partial charge on any atom is 0.226 e. The molecule has 0 bridgehead atoms. The second-order valence-corrected chi connectivity index (χ2v) is 9.95. The number of rotatable bonds is 3. The third-order valence-corrected chi connectivity index (χ3v) is 6.34. The second kappa shape index (κ2) is 7.76. The van der Waals surface area contributed by atoms with Crippen molar-refractivity contribution in [1.29, 1.82) is 5.26 Å². The molecule has 2 aromatic heterocycles. The molecule has 0 radical (unpaired) electrons. The summed E-state index contributed by atoms with van der Waals surface area (Å²) in [7, 11) is 2.81. The largest absolute Gasteiger partial charge is 0.368 e. The van der Waals surface area contributed by atoms with Crippen molar-refractivity contribution >= 4 is 20.8 Å². The topological polar surface area (TPSA) is 78.1 Å². The van der Waals surface area contributed by atoms with Gasteiger partial charge in [-0.1, -0.05) is 6.92 Å². The van der Waals surface area contributed by atoms with Gasteiger partial charge in [-0.3, -0.25) is 9.78 Å². The van der Waals surface area contributed by atoms with E-state index in [1.54, 1.807) is 11.1 Å². The lowest BCUT2D eigenvalue weighted by molar-refractivity contribution is -0.136. The SMILES string of the molecule is Cc1cnn(-c2ccncc2N2CCC(C(=O)N3CC(C)(P)CC3C#N)CC2)c1. The van der Waals surface area contributed by atoms with E-state index in [1.165, 1.54) is 0 Å². The zero-order chi connectivity index (χ0) is 20.6. The molecular weight excluding hydrogens is 383 g/mol. The van der Waals surface area contributed by atoms with Gasteiger partial charge >= 0.3 is 0 Å². The van der Waals surface area contributed by atoms with Gasteiger partial charge in [-0.15, -0.1) is 9.24 Å². The zero-order valence-corrected chi connectivity index (χ0v) is 18.1. The summed E-state index contributed by atoms with van der Waals surface area (Å²) in [6.07, 6.45) is 9.80. The van der Waals surface area contributed by atoms with Gasteiger partial charge in [-0.25, -0.2) is 4.68 Å². The fraction of sp³-hybridized carbons (Fsp3) is 0.524. The van der Waals surface area contributed by atoms with Crippen molar-refractivity contribution in [3.8, 4) is 11.8 Å². The van der Waals surface area contributed by atoms with E-state index in [-0.39, 0.29) is 23.0 Å². The molecule has 2 aliphatic heterocycles. The highest BCUT2D eigenvalue weighted by atomic mass is 31.0. The van der Waals surface area contributed by atoms with Crippen LogP contribution in [0.5, 0.6) is 0 Å². The highest BCUT2D eigenvalue weighted by Crippen LogP contribution is 2.36. The summed E-state index contributed by atoms with van der Waals surface area (Å²) < 4.78 is 1.88. The summed E-state index contributed by atoms with van der Waals surface area (Å²) in [6.45, 7) is 6.34. The van der Waals surface area contributed by atoms with Crippen LogP contribution in [0.25, 0.3) is 5.69 Å². The lowest BCUT2D eigenvalue weighted by Crippen LogP contribution is -2.44. The van der Waals surface area contributed by atoms with Crippen molar-refractivity contribution in [2.75, 3.05) is 24.5 Å². The number of aryl methyl sites for hydroxylation is 1. The van der Waals surface area contributed by atoms with E-state index in [2.05, 4.69) is 37.2 Å². The minimum atomic E-state index is -0.309. The molecule has 3 unspecified atom stereocenters. The number of amides is 1. The van der Waals surface area contributed by atoms with Crippen LogP contribution in [0, 0.1) is 24.2 Å². The highest BCUT2D eigenvalue weighted by molar-refractivity contribution is 7.19. The Hall–Kier alpha value is -2.45. The third-order valence-electron chi connectivity index (χ3n) is 5.92. The first-order valence-corrected chi connectivity index (χ1v) is 10.7. The van der Waals surface area contributed by atoms with Crippen molar-refractivity contribution in [3.05, 3.63) is 36.4 Å². The zero-order valence-electron chi connectivity index (χ0n) is 17.0. The van der Waals surface area contributed by atoms with Crippen LogP contribution >= 0.6 is 9.24 Å². The smallest absolute Gasteiger partial charge is 0.226 e. The number of anilines is 1. The van der Waals surface area contributed by atoms with Gasteiger partial charge in [0.2, 0.25) is 5.91 Å². The standard InChI is InChI=1S/C21H27N6OP/c1-15-11-24-27(13-15)18-3-6-23-12-19(18)25-7-4-16(5-8-25)20(28)26-14-21(2,29)9-17(26)10-22/h3,6,11-13,16-17H,4-5,7-9,14,29H2,1-2H3. The molecule has 0 saturated carbocycles. The minimum Gasteiger partial charge on any atom is -0.368 e. The molecule has 29 heavy (non-hydrogen) atoms. The fourth-order valence-corrected chi connectivity index (χ4v) is 4.85. The maximum atomic E-state index is 13.1. The average Bonchev–Trinajstić information content (AvgIpc) is 3.29. The van der Waals surface area contributed by atoms with Crippen LogP contribution < -0.4 is 4.90 Å². The number of piperidine rings is 1. The normalized spacial score (nSPS) is 25.2. The van der Waals surface area contributed by atoms with E-state index in [9.17, 15) is 10.1 Å². The predicted molar refractivity (Wildman–Crippen MR) is 115 cm³/mol. The Morgan fingerprint density at radius 1 is 1.31 bits per heavy atom. The van der Waals surface area contributed by atoms with Crippen LogP contribution in [-0.2, 0) is 4.79 Å². The van der Waals surface area contributed by atoms with E-state index in [1.807, 2.05) is 36.3 Å². The summed E-state index contributed by atoms with van der Waals surface area (Å²) in [5, 5.41) is 13.8. The van der Waals surface area contributed by atoms with Gasteiger partial charge in [0.05, 0.1) is 29.8 Å². The number of nitrogens with zero attached hydrogens (tertiary/aromatic N) is 6. The number of carbonyl (C=O) groups is 1. The number of likely N-dealkylation sites (tertiary alicyclic amines) is 1. The van der Waals surface area contributed by atoms with Gasteiger partial charge in [-0.05, 0) is 37.8 Å². The number of hydrogen-bond donors (Lipinski definition) is 0. The summed E-state index contributed by atoms with van der Waals surface area (Å²) in [5.74, 6) is 0.115. The predicted octanol–water partition coefficient (Wildman–Crippen LogP) is 2.55. The average molecular weight is 410 g/mol. The van der Waals surface area contributed by atoms with Crippen LogP contribution in [0.3, 0.4) is 0 Å². The van der Waals surface area contributed by atoms with Gasteiger partial charge in [0.15, 0.2) is 0 Å². The second-order valence-electron chi connectivity index (χ2n) is 8.56. The molecule has 8 heteroatoms. The number of nitriles is 1. The maximum absolute atomic E-state index is 13.1. The molecule has 0 aromatic carbocycles. The first kappa shape index (κ1) is 19.8. The van der Waals surface area contributed by atoms with E-state index >= 15 is 0 Å². The molecule has 2 aliphatic rings. The van der Waals surface area contributed by atoms with E-state index < -0.39 is 0 Å². The molecule has 4 heterocycles. The van der Waals surface area contributed by atoms with E-state index in [0.717, 1.165) is 49.3 Å². The summed E-state index contributed by atoms with van der Waals surface area (Å²) in [4.78, 5) is 21.5. The molecule has 2 aromatic rings. The molecule has 0 aliphatic carbocycles. The monoisotopic (exact) mass is 410 g/mol. The number of pyridine rings is 1. The molecule has 0 N–H and O–H groups in total. The molecular formula is C21H27N6OP. The van der Waals surface area contributed by atoms with Crippen molar-refractivity contribution in [2.24, 2.45) is 5.92 Å². The van der Waals surface area contributed by atoms with Gasteiger partial charge in [0.25, 0.3) is 0 Å². The van der Waals surface area contributed by atoms with Crippen molar-refractivity contribution in [2.45, 2.75) is 44.3 Å². The molecule has 1 amide bonds. The van der Waals surface area contributed by atoms with Crippen LogP contribution in [0.15, 0.2) is 30.9 Å². The lowest BCUT2D eigenvalue weighted by Gasteiger charge is -2.35. The summed E-state index contributed by atoms with van der Waals surface area (Å²) in [6, 6.07) is 3.98. The Labute approximate surface area is 173 Å². The van der Waals surface area contributed by atoms with Gasteiger partial charge in [0, 0.05) is 43.1 Å². The van der Waals surface area contributed by atoms with Gasteiger partial charge in [-0.2, -0.15) is 10.4 Å². The molecule has 2 saturated heterocycles. The van der Waals surface area contributed by atoms with E-state index in [0.29, 0.717) is 6.54 Å². The molecule has 152 valence electrons. The fourth-order valence-electron chi connectivity index (χ4n) is 4.43. The Morgan fingerprint density at radius 2 is 2.07 bits per heavy atom. The first-order valence-electron chi connectivity index (χ1n) is 10.1. The Morgan fingerprint density at radius 3 is 2.72 bits per heavy atom. The lowest BCUT2D eigenvalue weighted by atomic mass is 9.94. The number of carbonyl (C=O) groups excluding carboxylic acids is 1. The molecule has 2 fully saturated rings. The Kier molecular flexibility index (Phi) is 5.31. The Bertz CT molecular complexity index is 941. The van der Waals surface area contributed by atoms with Crippen molar-refractivity contribution in [3.63, 3.8) is 0 Å². The number of aromatic nitrogens is 3. The first-order chi connectivity index (χ1) is 13.9. The summed E-state index contributed by atoms with van der Waals surface area (Å²) >= 11 is 0. The van der Waals surface area contributed by atoms with Gasteiger partial charge < -0.3 is 9.80 Å². The Balaban J connectivity index is 1.46. The van der Waals surface area contributed by atoms with Crippen LogP contribution in [0.4, 0.5) is 5.69 Å². The quantitative estimate of drug-likeness (QED) is 0.727. The highest BCUT2D eigenvalue weighted by Gasteiger charge is 2.42. The third kappa shape index (κ3) is 4.00. The van der Waals surface area contributed by atoms with Gasteiger partial charge in [0.1, 0.15) is 6.04 Å². The molecule has 3 atom stereocenters. The van der Waals surface area contributed by atoms with E-state index in [4.69, 9.17) is 0 Å². The molecule has 0 spiro atoms. The molecule has 4 rings (SSSR count). The van der Waals surface area contributed by atoms with Crippen molar-refractivity contribution < 1.29 is 4.79 Å².